The van der Waals surface area contributed by atoms with Gasteiger partial charge in [0.1, 0.15) is 0 Å². The average Bonchev–Trinajstić information content (AvgIpc) is 2.37. The van der Waals surface area contributed by atoms with E-state index in [4.69, 9.17) is 0 Å². The second kappa shape index (κ2) is 7.06. The second-order valence-corrected chi connectivity index (χ2v) is 5.92. The van der Waals surface area contributed by atoms with E-state index in [1.54, 1.807) is 0 Å². The maximum atomic E-state index is 11.4. The summed E-state index contributed by atoms with van der Waals surface area (Å²) in [5.41, 5.74) is 0.0889. The van der Waals surface area contributed by atoms with Crippen LogP contribution in [0.1, 0.15) is 38.7 Å². The Hall–Kier alpha value is -0.870. The van der Waals surface area contributed by atoms with Crippen molar-refractivity contribution in [3.05, 3.63) is 34.3 Å². The first-order valence-corrected chi connectivity index (χ1v) is 7.39. The lowest BCUT2D eigenvalue weighted by Crippen LogP contribution is -2.33. The summed E-state index contributed by atoms with van der Waals surface area (Å²) in [6, 6.07) is 7.64. The Morgan fingerprint density at radius 1 is 1.37 bits per heavy atom. The smallest absolute Gasteiger partial charge is 0.306 e. The number of aliphatic carboxylic acids is 1. The number of hydrogen-bond donors (Lipinski definition) is 2. The summed E-state index contributed by atoms with van der Waals surface area (Å²) in [7, 11) is 0. The minimum Gasteiger partial charge on any atom is -0.481 e. The minimum absolute atomic E-state index is 0.293. The number of carboxylic acids is 1. The molecule has 0 aliphatic heterocycles. The third-order valence-corrected chi connectivity index (χ3v) is 4.16. The topological polar surface area (TPSA) is 57.5 Å². The van der Waals surface area contributed by atoms with E-state index in [-0.39, 0.29) is 0 Å². The molecule has 0 radical (unpaired) electrons. The highest BCUT2D eigenvalue weighted by atomic mass is 79.9. The molecule has 0 heterocycles. The molecule has 0 amide bonds. The zero-order valence-electron chi connectivity index (χ0n) is 11.4. The maximum absolute atomic E-state index is 11.4. The fourth-order valence-electron chi connectivity index (χ4n) is 2.19. The highest BCUT2D eigenvalue weighted by Gasteiger charge is 2.30. The van der Waals surface area contributed by atoms with Crippen molar-refractivity contribution >= 4 is 21.9 Å². The van der Waals surface area contributed by atoms with Crippen LogP contribution < -0.4 is 0 Å². The zero-order chi connectivity index (χ0) is 14.5. The van der Waals surface area contributed by atoms with Crippen LogP contribution in [-0.4, -0.2) is 21.8 Å². The molecule has 0 saturated carbocycles. The molecule has 0 aromatic heterocycles. The van der Waals surface area contributed by atoms with Crippen LogP contribution >= 0.6 is 15.9 Å². The molecule has 3 nitrogen and oxygen atoms in total. The molecule has 19 heavy (non-hydrogen) atoms. The van der Waals surface area contributed by atoms with Gasteiger partial charge < -0.3 is 10.2 Å². The largest absolute Gasteiger partial charge is 0.481 e. The van der Waals surface area contributed by atoms with Gasteiger partial charge in [-0.1, -0.05) is 41.9 Å². The SMILES string of the molecule is CCC(O)(CC)CC(Cc1cccc(Br)c1)C(=O)O. The molecule has 0 aliphatic carbocycles. The van der Waals surface area contributed by atoms with Crippen LogP contribution in [-0.2, 0) is 11.2 Å². The molecular weight excluding hydrogens is 308 g/mol. The van der Waals surface area contributed by atoms with Crippen LogP contribution in [0.2, 0.25) is 0 Å². The number of rotatable bonds is 7. The molecule has 2 N–H and O–H groups in total. The molecule has 0 fully saturated rings. The number of carboxylic acid groups (broad SMARTS) is 1. The molecule has 4 heteroatoms. The van der Waals surface area contributed by atoms with E-state index in [2.05, 4.69) is 15.9 Å². The van der Waals surface area contributed by atoms with Crippen LogP contribution in [0.4, 0.5) is 0 Å². The number of carbonyl (C=O) groups is 1. The first kappa shape index (κ1) is 16.2. The molecular formula is C15H21BrO3. The minimum atomic E-state index is -0.880. The predicted molar refractivity (Wildman–Crippen MR) is 79.1 cm³/mol. The summed E-state index contributed by atoms with van der Waals surface area (Å²) in [6.45, 7) is 3.78. The summed E-state index contributed by atoms with van der Waals surface area (Å²) in [6.07, 6.45) is 1.89. The molecule has 1 atom stereocenters. The van der Waals surface area contributed by atoms with E-state index >= 15 is 0 Å². The van der Waals surface area contributed by atoms with E-state index in [0.717, 1.165) is 10.0 Å². The van der Waals surface area contributed by atoms with Gasteiger partial charge in [0.25, 0.3) is 0 Å². The zero-order valence-corrected chi connectivity index (χ0v) is 13.0. The highest BCUT2D eigenvalue weighted by Crippen LogP contribution is 2.27. The van der Waals surface area contributed by atoms with Crippen molar-refractivity contribution in [3.8, 4) is 0 Å². The normalized spacial score (nSPS) is 13.3. The quantitative estimate of drug-likeness (QED) is 0.803. The van der Waals surface area contributed by atoms with Gasteiger partial charge >= 0.3 is 5.97 Å². The first-order chi connectivity index (χ1) is 8.90. The fourth-order valence-corrected chi connectivity index (χ4v) is 2.64. The summed E-state index contributed by atoms with van der Waals surface area (Å²) >= 11 is 3.38. The van der Waals surface area contributed by atoms with Crippen molar-refractivity contribution in [2.75, 3.05) is 0 Å². The number of halogens is 1. The van der Waals surface area contributed by atoms with Gasteiger partial charge in [-0.25, -0.2) is 0 Å². The Bertz CT molecular complexity index is 427. The van der Waals surface area contributed by atoms with Crippen molar-refractivity contribution in [1.29, 1.82) is 0 Å². The molecule has 1 aromatic rings. The van der Waals surface area contributed by atoms with Crippen molar-refractivity contribution in [1.82, 2.24) is 0 Å². The van der Waals surface area contributed by atoms with Crippen molar-refractivity contribution < 1.29 is 15.0 Å². The lowest BCUT2D eigenvalue weighted by molar-refractivity contribution is -0.144. The monoisotopic (exact) mass is 328 g/mol. The Kier molecular flexibility index (Phi) is 6.01. The fraction of sp³-hybridized carbons (Fsp3) is 0.533. The number of hydrogen-bond acceptors (Lipinski definition) is 2. The van der Waals surface area contributed by atoms with Gasteiger partial charge in [-0.2, -0.15) is 0 Å². The molecule has 0 bridgehead atoms. The highest BCUT2D eigenvalue weighted by molar-refractivity contribution is 9.10. The maximum Gasteiger partial charge on any atom is 0.306 e. The van der Waals surface area contributed by atoms with Crippen LogP contribution in [0, 0.1) is 5.92 Å². The van der Waals surface area contributed by atoms with Crippen LogP contribution in [0.3, 0.4) is 0 Å². The van der Waals surface area contributed by atoms with E-state index in [9.17, 15) is 15.0 Å². The molecule has 106 valence electrons. The van der Waals surface area contributed by atoms with Crippen molar-refractivity contribution in [2.24, 2.45) is 5.92 Å². The standard InChI is InChI=1S/C15H21BrO3/c1-3-15(19,4-2)10-12(14(17)18)8-11-6-5-7-13(16)9-11/h5-7,9,12,19H,3-4,8,10H2,1-2H3,(H,17,18). The summed E-state index contributed by atoms with van der Waals surface area (Å²) < 4.78 is 0.940. The summed E-state index contributed by atoms with van der Waals surface area (Å²) in [5, 5.41) is 19.6. The first-order valence-electron chi connectivity index (χ1n) is 6.60. The summed E-state index contributed by atoms with van der Waals surface area (Å²) in [4.78, 5) is 11.4. The van der Waals surface area contributed by atoms with Gasteiger partial charge in [0.2, 0.25) is 0 Å². The van der Waals surface area contributed by atoms with E-state index in [1.807, 2.05) is 38.1 Å². The van der Waals surface area contributed by atoms with Crippen LogP contribution in [0.25, 0.3) is 0 Å². The van der Waals surface area contributed by atoms with Crippen LogP contribution in [0.5, 0.6) is 0 Å². The lowest BCUT2D eigenvalue weighted by atomic mass is 9.83. The van der Waals surface area contributed by atoms with Gasteiger partial charge in [-0.15, -0.1) is 0 Å². The summed E-state index contributed by atoms with van der Waals surface area (Å²) in [5.74, 6) is -1.40. The van der Waals surface area contributed by atoms with Gasteiger partial charge in [0, 0.05) is 4.47 Å². The third kappa shape index (κ3) is 4.96. The second-order valence-electron chi connectivity index (χ2n) is 5.00. The van der Waals surface area contributed by atoms with Crippen molar-refractivity contribution in [3.63, 3.8) is 0 Å². The molecule has 1 aromatic carbocycles. The number of aliphatic hydroxyl groups is 1. The molecule has 1 rings (SSSR count). The molecule has 0 spiro atoms. The number of benzene rings is 1. The van der Waals surface area contributed by atoms with Gasteiger partial charge in [-0.3, -0.25) is 4.79 Å². The van der Waals surface area contributed by atoms with Crippen LogP contribution in [0.15, 0.2) is 28.7 Å². The molecule has 1 unspecified atom stereocenters. The van der Waals surface area contributed by atoms with Gasteiger partial charge in [0.05, 0.1) is 11.5 Å². The van der Waals surface area contributed by atoms with Gasteiger partial charge in [0.15, 0.2) is 0 Å². The van der Waals surface area contributed by atoms with Crippen molar-refractivity contribution in [2.45, 2.75) is 45.1 Å². The lowest BCUT2D eigenvalue weighted by Gasteiger charge is -2.28. The Morgan fingerprint density at radius 3 is 2.47 bits per heavy atom. The Labute approximate surface area is 122 Å². The molecule has 0 saturated heterocycles. The Morgan fingerprint density at radius 2 is 2.00 bits per heavy atom. The molecule has 0 aliphatic rings. The van der Waals surface area contributed by atoms with E-state index in [1.165, 1.54) is 0 Å². The predicted octanol–water partition coefficient (Wildman–Crippen LogP) is 3.63. The van der Waals surface area contributed by atoms with Gasteiger partial charge in [-0.05, 0) is 43.4 Å². The average molecular weight is 329 g/mol. The van der Waals surface area contributed by atoms with E-state index < -0.39 is 17.5 Å². The third-order valence-electron chi connectivity index (χ3n) is 3.66. The van der Waals surface area contributed by atoms with E-state index in [0.29, 0.717) is 25.7 Å². The Balaban J connectivity index is 2.82.